The van der Waals surface area contributed by atoms with Crippen molar-refractivity contribution in [3.05, 3.63) is 22.6 Å². The maximum atomic E-state index is 14.1. The number of ether oxygens (including phenoxy) is 2. The number of anilines is 1. The Balaban J connectivity index is 3.25. The first-order valence-corrected chi connectivity index (χ1v) is 7.66. The SMILES string of the molecule is CC(C)(C)OC(=O)N(C(=O)OC(C)(C)C)c1ncc(Br)cc1F. The quantitative estimate of drug-likeness (QED) is 0.697. The van der Waals surface area contributed by atoms with Gasteiger partial charge in [0.05, 0.1) is 0 Å². The number of amides is 2. The number of hydrogen-bond acceptors (Lipinski definition) is 5. The van der Waals surface area contributed by atoms with Crippen molar-refractivity contribution in [2.45, 2.75) is 52.7 Å². The molecular formula is C15H20BrFN2O4. The molecule has 0 radical (unpaired) electrons. The number of carbonyl (C=O) groups is 2. The van der Waals surface area contributed by atoms with E-state index in [1.165, 1.54) is 6.20 Å². The van der Waals surface area contributed by atoms with Gasteiger partial charge in [-0.1, -0.05) is 0 Å². The third-order valence-electron chi connectivity index (χ3n) is 2.15. The van der Waals surface area contributed by atoms with Crippen LogP contribution in [0.2, 0.25) is 0 Å². The summed E-state index contributed by atoms with van der Waals surface area (Å²) < 4.78 is 24.8. The van der Waals surface area contributed by atoms with E-state index in [0.717, 1.165) is 6.07 Å². The molecule has 23 heavy (non-hydrogen) atoms. The van der Waals surface area contributed by atoms with Gasteiger partial charge in [0, 0.05) is 10.7 Å². The van der Waals surface area contributed by atoms with E-state index in [2.05, 4.69) is 20.9 Å². The predicted octanol–water partition coefficient (Wildman–Crippen LogP) is 4.66. The molecule has 0 unspecified atom stereocenters. The zero-order chi connectivity index (χ0) is 18.0. The third-order valence-corrected chi connectivity index (χ3v) is 2.59. The van der Waals surface area contributed by atoms with Gasteiger partial charge in [-0.25, -0.2) is 19.0 Å². The Morgan fingerprint density at radius 1 is 1.09 bits per heavy atom. The number of halogens is 2. The minimum Gasteiger partial charge on any atom is -0.443 e. The monoisotopic (exact) mass is 390 g/mol. The van der Waals surface area contributed by atoms with E-state index in [0.29, 0.717) is 9.37 Å². The van der Waals surface area contributed by atoms with Crippen LogP contribution < -0.4 is 4.90 Å². The van der Waals surface area contributed by atoms with Gasteiger partial charge >= 0.3 is 12.2 Å². The lowest BCUT2D eigenvalue weighted by Gasteiger charge is -2.28. The molecule has 1 aromatic rings. The van der Waals surface area contributed by atoms with E-state index in [1.807, 2.05) is 0 Å². The van der Waals surface area contributed by atoms with Crippen molar-refractivity contribution in [1.82, 2.24) is 4.98 Å². The van der Waals surface area contributed by atoms with Crippen molar-refractivity contribution < 1.29 is 23.5 Å². The highest BCUT2D eigenvalue weighted by atomic mass is 79.9. The maximum absolute atomic E-state index is 14.1. The van der Waals surface area contributed by atoms with E-state index >= 15 is 0 Å². The molecule has 0 N–H and O–H groups in total. The van der Waals surface area contributed by atoms with Crippen molar-refractivity contribution in [2.24, 2.45) is 0 Å². The second kappa shape index (κ2) is 6.82. The summed E-state index contributed by atoms with van der Waals surface area (Å²) in [6, 6.07) is 1.09. The van der Waals surface area contributed by atoms with Crippen molar-refractivity contribution in [3.63, 3.8) is 0 Å². The van der Waals surface area contributed by atoms with Crippen LogP contribution in [0.25, 0.3) is 0 Å². The Morgan fingerprint density at radius 3 is 1.87 bits per heavy atom. The Labute approximate surface area is 143 Å². The van der Waals surface area contributed by atoms with Gasteiger partial charge < -0.3 is 9.47 Å². The first-order valence-electron chi connectivity index (χ1n) is 6.87. The van der Waals surface area contributed by atoms with Crippen LogP contribution >= 0.6 is 15.9 Å². The fourth-order valence-electron chi connectivity index (χ4n) is 1.43. The summed E-state index contributed by atoms with van der Waals surface area (Å²) in [6.07, 6.45) is -0.874. The van der Waals surface area contributed by atoms with Crippen molar-refractivity contribution >= 4 is 33.9 Å². The molecule has 0 aliphatic rings. The second-order valence-electron chi connectivity index (χ2n) is 6.76. The summed E-state index contributed by atoms with van der Waals surface area (Å²) in [6.45, 7) is 9.77. The Kier molecular flexibility index (Phi) is 5.74. The average Bonchev–Trinajstić information content (AvgIpc) is 2.27. The van der Waals surface area contributed by atoms with Crippen LogP contribution in [0.5, 0.6) is 0 Å². The standard InChI is InChI=1S/C15H20BrFN2O4/c1-14(2,3)22-12(20)19(13(21)23-15(4,5)6)11-10(17)7-9(16)8-18-11/h7-8H,1-6H3. The first-order chi connectivity index (χ1) is 10.3. The second-order valence-corrected chi connectivity index (χ2v) is 7.67. The normalized spacial score (nSPS) is 11.8. The van der Waals surface area contributed by atoms with Crippen molar-refractivity contribution in [1.29, 1.82) is 0 Å². The van der Waals surface area contributed by atoms with Gasteiger partial charge in [-0.2, -0.15) is 4.90 Å². The van der Waals surface area contributed by atoms with E-state index in [1.54, 1.807) is 41.5 Å². The van der Waals surface area contributed by atoms with E-state index < -0.39 is 35.0 Å². The molecule has 2 amide bonds. The van der Waals surface area contributed by atoms with Crippen molar-refractivity contribution in [2.75, 3.05) is 4.90 Å². The van der Waals surface area contributed by atoms with Crippen LogP contribution in [0, 0.1) is 5.82 Å². The van der Waals surface area contributed by atoms with Gasteiger partial charge in [0.2, 0.25) is 0 Å². The molecule has 0 aromatic carbocycles. The van der Waals surface area contributed by atoms with Gasteiger partial charge in [-0.15, -0.1) is 0 Å². The lowest BCUT2D eigenvalue weighted by molar-refractivity contribution is 0.0427. The number of rotatable bonds is 1. The minimum absolute atomic E-state index is 0.368. The summed E-state index contributed by atoms with van der Waals surface area (Å²) in [7, 11) is 0. The third kappa shape index (κ3) is 6.13. The molecule has 6 nitrogen and oxygen atoms in total. The van der Waals surface area contributed by atoms with Crippen LogP contribution in [0.1, 0.15) is 41.5 Å². The molecule has 0 spiro atoms. The highest BCUT2D eigenvalue weighted by Crippen LogP contribution is 2.24. The lowest BCUT2D eigenvalue weighted by atomic mass is 10.2. The maximum Gasteiger partial charge on any atom is 0.425 e. The van der Waals surface area contributed by atoms with Gasteiger partial charge in [0.25, 0.3) is 0 Å². The van der Waals surface area contributed by atoms with Crippen LogP contribution in [0.3, 0.4) is 0 Å². The average molecular weight is 391 g/mol. The Morgan fingerprint density at radius 2 is 1.52 bits per heavy atom. The van der Waals surface area contributed by atoms with E-state index in [4.69, 9.17) is 9.47 Å². The van der Waals surface area contributed by atoms with E-state index in [-0.39, 0.29) is 0 Å². The molecule has 0 saturated heterocycles. The number of hydrogen-bond donors (Lipinski definition) is 0. The summed E-state index contributed by atoms with van der Waals surface area (Å²) in [4.78, 5) is 28.8. The van der Waals surface area contributed by atoms with E-state index in [9.17, 15) is 14.0 Å². The molecule has 0 aliphatic carbocycles. The van der Waals surface area contributed by atoms with Gasteiger partial charge in [0.1, 0.15) is 11.2 Å². The topological polar surface area (TPSA) is 68.7 Å². The van der Waals surface area contributed by atoms with Gasteiger partial charge in [0.15, 0.2) is 11.6 Å². The lowest BCUT2D eigenvalue weighted by Crippen LogP contribution is -2.44. The number of imide groups is 1. The molecule has 0 fully saturated rings. The Bertz CT molecular complexity index is 580. The predicted molar refractivity (Wildman–Crippen MR) is 86.8 cm³/mol. The molecule has 128 valence electrons. The first kappa shape index (κ1) is 19.3. The molecule has 1 heterocycles. The Hall–Kier alpha value is -1.70. The van der Waals surface area contributed by atoms with Crippen LogP contribution in [0.15, 0.2) is 16.7 Å². The van der Waals surface area contributed by atoms with Gasteiger partial charge in [-0.3, -0.25) is 0 Å². The number of nitrogens with zero attached hydrogens (tertiary/aromatic N) is 2. The number of pyridine rings is 1. The summed E-state index contributed by atoms with van der Waals surface area (Å²) in [5, 5.41) is 0. The highest BCUT2D eigenvalue weighted by Gasteiger charge is 2.35. The zero-order valence-electron chi connectivity index (χ0n) is 13.9. The molecule has 0 saturated carbocycles. The fraction of sp³-hybridized carbons (Fsp3) is 0.533. The van der Waals surface area contributed by atoms with Crippen LogP contribution in [0.4, 0.5) is 19.8 Å². The molecule has 0 aliphatic heterocycles. The van der Waals surface area contributed by atoms with Crippen molar-refractivity contribution in [3.8, 4) is 0 Å². The van der Waals surface area contributed by atoms with Crippen LogP contribution in [-0.4, -0.2) is 28.4 Å². The fourth-order valence-corrected chi connectivity index (χ4v) is 1.74. The largest absolute Gasteiger partial charge is 0.443 e. The molecular weight excluding hydrogens is 371 g/mol. The molecule has 1 rings (SSSR count). The van der Waals surface area contributed by atoms with Crippen LogP contribution in [-0.2, 0) is 9.47 Å². The molecule has 1 aromatic heterocycles. The minimum atomic E-state index is -1.07. The smallest absolute Gasteiger partial charge is 0.425 e. The zero-order valence-corrected chi connectivity index (χ0v) is 15.5. The summed E-state index contributed by atoms with van der Waals surface area (Å²) in [5.41, 5.74) is -1.74. The number of aromatic nitrogens is 1. The highest BCUT2D eigenvalue weighted by molar-refractivity contribution is 9.10. The van der Waals surface area contributed by atoms with Gasteiger partial charge in [-0.05, 0) is 63.5 Å². The molecule has 0 bridgehead atoms. The summed E-state index contributed by atoms with van der Waals surface area (Å²) in [5.74, 6) is -1.35. The summed E-state index contributed by atoms with van der Waals surface area (Å²) >= 11 is 3.06. The number of carbonyl (C=O) groups excluding carboxylic acids is 2. The molecule has 8 heteroatoms. The molecule has 0 atom stereocenters.